The highest BCUT2D eigenvalue weighted by Crippen LogP contribution is 2.17. The average Bonchev–Trinajstić information content (AvgIpc) is 3.01. The van der Waals surface area contributed by atoms with Gasteiger partial charge in [0, 0.05) is 18.7 Å². The zero-order valence-electron chi connectivity index (χ0n) is 11.9. The van der Waals surface area contributed by atoms with Gasteiger partial charge in [0.1, 0.15) is 5.69 Å². The molecule has 1 N–H and O–H groups in total. The molecule has 0 spiro atoms. The molecule has 2 heterocycles. The zero-order valence-corrected chi connectivity index (χ0v) is 11.9. The van der Waals surface area contributed by atoms with E-state index in [0.717, 1.165) is 29.9 Å². The Labute approximate surface area is 119 Å². The van der Waals surface area contributed by atoms with Gasteiger partial charge in [-0.1, -0.05) is 19.9 Å². The monoisotopic (exact) mass is 272 g/mol. The van der Waals surface area contributed by atoms with Gasteiger partial charge in [0.25, 0.3) is 0 Å². The number of rotatable bonds is 6. The van der Waals surface area contributed by atoms with Crippen molar-refractivity contribution < 1.29 is 9.21 Å². The molecule has 0 fully saturated rings. The maximum absolute atomic E-state index is 11.9. The van der Waals surface area contributed by atoms with E-state index in [1.807, 2.05) is 38.1 Å². The maximum atomic E-state index is 11.9. The second kappa shape index (κ2) is 6.89. The predicted molar refractivity (Wildman–Crippen MR) is 77.9 cm³/mol. The van der Waals surface area contributed by atoms with E-state index in [1.54, 1.807) is 12.5 Å². The van der Waals surface area contributed by atoms with Crippen molar-refractivity contribution in [3.05, 3.63) is 42.3 Å². The normalized spacial score (nSPS) is 10.8. The number of carbonyl (C=O) groups is 1. The molecule has 2 rings (SSSR count). The van der Waals surface area contributed by atoms with E-state index in [0.29, 0.717) is 6.54 Å². The minimum Gasteiger partial charge on any atom is -0.463 e. The Kier molecular flexibility index (Phi) is 4.93. The Bertz CT molecular complexity index is 528. The van der Waals surface area contributed by atoms with Crippen LogP contribution in [0.4, 0.5) is 0 Å². The highest BCUT2D eigenvalue weighted by atomic mass is 16.3. The fraction of sp³-hybridized carbons (Fsp3) is 0.375. The van der Waals surface area contributed by atoms with Gasteiger partial charge < -0.3 is 9.73 Å². The minimum atomic E-state index is 0.102. The Morgan fingerprint density at radius 3 is 2.65 bits per heavy atom. The van der Waals surface area contributed by atoms with Crippen LogP contribution in [0, 0.1) is 5.92 Å². The minimum absolute atomic E-state index is 0.102. The summed E-state index contributed by atoms with van der Waals surface area (Å²) in [5.74, 6) is 0.966. The summed E-state index contributed by atoms with van der Waals surface area (Å²) in [5, 5.41) is 2.95. The van der Waals surface area contributed by atoms with Crippen LogP contribution in [0.1, 0.15) is 32.3 Å². The van der Waals surface area contributed by atoms with Crippen LogP contribution in [-0.2, 0) is 11.3 Å². The molecule has 20 heavy (non-hydrogen) atoms. The third-order valence-corrected chi connectivity index (χ3v) is 3.42. The quantitative estimate of drug-likeness (QED) is 0.877. The van der Waals surface area contributed by atoms with Crippen molar-refractivity contribution in [1.82, 2.24) is 10.3 Å². The summed E-state index contributed by atoms with van der Waals surface area (Å²) in [4.78, 5) is 16.2. The van der Waals surface area contributed by atoms with Crippen molar-refractivity contribution >= 4 is 5.91 Å². The van der Waals surface area contributed by atoms with E-state index in [4.69, 9.17) is 4.42 Å². The van der Waals surface area contributed by atoms with Gasteiger partial charge in [-0.25, -0.2) is 0 Å². The third kappa shape index (κ3) is 3.47. The lowest BCUT2D eigenvalue weighted by atomic mass is 10.0. The summed E-state index contributed by atoms with van der Waals surface area (Å²) < 4.78 is 5.29. The van der Waals surface area contributed by atoms with Crippen molar-refractivity contribution in [2.75, 3.05) is 0 Å². The molecule has 0 saturated carbocycles. The fourth-order valence-electron chi connectivity index (χ4n) is 2.09. The van der Waals surface area contributed by atoms with Crippen LogP contribution < -0.4 is 5.32 Å². The average molecular weight is 272 g/mol. The maximum Gasteiger partial charge on any atom is 0.223 e. The molecule has 2 aromatic rings. The molecular formula is C16H20N2O2. The largest absolute Gasteiger partial charge is 0.463 e. The van der Waals surface area contributed by atoms with Crippen LogP contribution in [0.2, 0.25) is 0 Å². The lowest BCUT2D eigenvalue weighted by molar-refractivity contribution is -0.125. The summed E-state index contributed by atoms with van der Waals surface area (Å²) >= 11 is 0. The number of pyridine rings is 1. The van der Waals surface area contributed by atoms with Gasteiger partial charge in [0.15, 0.2) is 5.76 Å². The molecule has 0 aromatic carbocycles. The number of hydrogen-bond donors (Lipinski definition) is 1. The molecule has 0 atom stereocenters. The molecule has 0 saturated heterocycles. The molecular weight excluding hydrogens is 252 g/mol. The van der Waals surface area contributed by atoms with Crippen LogP contribution in [-0.4, -0.2) is 10.9 Å². The molecule has 0 unspecified atom stereocenters. The first kappa shape index (κ1) is 14.3. The lowest BCUT2D eigenvalue weighted by Gasteiger charge is -2.12. The van der Waals surface area contributed by atoms with E-state index in [2.05, 4.69) is 10.3 Å². The Morgan fingerprint density at radius 2 is 2.10 bits per heavy atom. The van der Waals surface area contributed by atoms with Crippen molar-refractivity contribution in [3.8, 4) is 11.5 Å². The van der Waals surface area contributed by atoms with Gasteiger partial charge >= 0.3 is 0 Å². The molecule has 0 aliphatic rings. The number of nitrogens with one attached hydrogen (secondary N) is 1. The Balaban J connectivity index is 1.93. The number of hydrogen-bond acceptors (Lipinski definition) is 3. The Hall–Kier alpha value is -2.10. The molecule has 2 aromatic heterocycles. The van der Waals surface area contributed by atoms with Gasteiger partial charge in [0.05, 0.1) is 6.26 Å². The molecule has 0 aliphatic heterocycles. The predicted octanol–water partition coefficient (Wildman–Crippen LogP) is 3.39. The summed E-state index contributed by atoms with van der Waals surface area (Å²) in [5.41, 5.74) is 1.78. The number of furan rings is 1. The van der Waals surface area contributed by atoms with Crippen LogP contribution in [0.3, 0.4) is 0 Å². The van der Waals surface area contributed by atoms with Gasteiger partial charge in [-0.05, 0) is 36.6 Å². The standard InChI is InChI=1S/C16H20N2O2/c1-3-13(4-2)16(19)18-11-12-7-8-14(17-10-12)15-6-5-9-20-15/h5-10,13H,3-4,11H2,1-2H3,(H,18,19). The molecule has 106 valence electrons. The molecule has 1 amide bonds. The van der Waals surface area contributed by atoms with Crippen LogP contribution in [0.5, 0.6) is 0 Å². The van der Waals surface area contributed by atoms with E-state index in [-0.39, 0.29) is 11.8 Å². The zero-order chi connectivity index (χ0) is 14.4. The topological polar surface area (TPSA) is 55.1 Å². The third-order valence-electron chi connectivity index (χ3n) is 3.42. The number of amides is 1. The first-order valence-corrected chi connectivity index (χ1v) is 7.01. The van der Waals surface area contributed by atoms with E-state index in [9.17, 15) is 4.79 Å². The van der Waals surface area contributed by atoms with Crippen LogP contribution in [0.15, 0.2) is 41.1 Å². The number of aromatic nitrogens is 1. The molecule has 0 bridgehead atoms. The van der Waals surface area contributed by atoms with Gasteiger partial charge in [-0.2, -0.15) is 0 Å². The van der Waals surface area contributed by atoms with Crippen molar-refractivity contribution in [3.63, 3.8) is 0 Å². The summed E-state index contributed by atoms with van der Waals surface area (Å²) in [7, 11) is 0. The van der Waals surface area contributed by atoms with Crippen molar-refractivity contribution in [2.45, 2.75) is 33.2 Å². The van der Waals surface area contributed by atoms with Crippen molar-refractivity contribution in [2.24, 2.45) is 5.92 Å². The van der Waals surface area contributed by atoms with E-state index >= 15 is 0 Å². The number of carbonyl (C=O) groups excluding carboxylic acids is 1. The van der Waals surface area contributed by atoms with Crippen molar-refractivity contribution in [1.29, 1.82) is 0 Å². The lowest BCUT2D eigenvalue weighted by Crippen LogP contribution is -2.29. The second-order valence-corrected chi connectivity index (χ2v) is 4.76. The fourth-order valence-corrected chi connectivity index (χ4v) is 2.09. The molecule has 4 nitrogen and oxygen atoms in total. The van der Waals surface area contributed by atoms with Gasteiger partial charge in [-0.15, -0.1) is 0 Å². The van der Waals surface area contributed by atoms with Gasteiger partial charge in [-0.3, -0.25) is 9.78 Å². The summed E-state index contributed by atoms with van der Waals surface area (Å²) in [6.07, 6.45) is 5.14. The second-order valence-electron chi connectivity index (χ2n) is 4.76. The van der Waals surface area contributed by atoms with Crippen LogP contribution in [0.25, 0.3) is 11.5 Å². The molecule has 0 aliphatic carbocycles. The first-order chi connectivity index (χ1) is 9.74. The van der Waals surface area contributed by atoms with E-state index < -0.39 is 0 Å². The van der Waals surface area contributed by atoms with E-state index in [1.165, 1.54) is 0 Å². The van der Waals surface area contributed by atoms with Crippen LogP contribution >= 0.6 is 0 Å². The summed E-state index contributed by atoms with van der Waals surface area (Å²) in [6, 6.07) is 7.56. The van der Waals surface area contributed by atoms with Gasteiger partial charge in [0.2, 0.25) is 5.91 Å². The highest BCUT2D eigenvalue weighted by Gasteiger charge is 2.13. The smallest absolute Gasteiger partial charge is 0.223 e. The Morgan fingerprint density at radius 1 is 1.30 bits per heavy atom. The first-order valence-electron chi connectivity index (χ1n) is 7.01. The molecule has 0 radical (unpaired) electrons. The summed E-state index contributed by atoms with van der Waals surface area (Å²) in [6.45, 7) is 4.59. The SMILES string of the molecule is CCC(CC)C(=O)NCc1ccc(-c2ccco2)nc1. The highest BCUT2D eigenvalue weighted by molar-refractivity contribution is 5.78. The number of nitrogens with zero attached hydrogens (tertiary/aromatic N) is 1. The molecule has 4 heteroatoms.